The zero-order valence-electron chi connectivity index (χ0n) is 22.3. The van der Waals surface area contributed by atoms with Crippen molar-refractivity contribution in [3.63, 3.8) is 0 Å². The third kappa shape index (κ3) is 5.27. The highest BCUT2D eigenvalue weighted by molar-refractivity contribution is 5.96. The van der Waals surface area contributed by atoms with Crippen molar-refractivity contribution in [2.45, 2.75) is 56.6 Å². The van der Waals surface area contributed by atoms with Crippen LogP contribution in [0.1, 0.15) is 66.4 Å². The molecule has 2 aliphatic rings. The van der Waals surface area contributed by atoms with Crippen LogP contribution in [0.15, 0.2) is 65.8 Å². The average molecular weight is 526 g/mol. The third-order valence-corrected chi connectivity index (χ3v) is 8.19. The molecule has 1 amide bonds. The van der Waals surface area contributed by atoms with Crippen molar-refractivity contribution in [3.8, 4) is 17.0 Å². The summed E-state index contributed by atoms with van der Waals surface area (Å²) in [6.45, 7) is 2.07. The van der Waals surface area contributed by atoms with Gasteiger partial charge in [0.2, 0.25) is 5.62 Å². The maximum atomic E-state index is 13.5. The summed E-state index contributed by atoms with van der Waals surface area (Å²) >= 11 is 0. The monoisotopic (exact) mass is 525 g/mol. The van der Waals surface area contributed by atoms with Crippen molar-refractivity contribution in [2.24, 2.45) is 4.99 Å². The number of ether oxygens (including phenoxy) is 1. The normalized spacial score (nSPS) is 20.8. The zero-order valence-corrected chi connectivity index (χ0v) is 22.3. The Morgan fingerprint density at radius 1 is 1.03 bits per heavy atom. The molecule has 39 heavy (non-hydrogen) atoms. The summed E-state index contributed by atoms with van der Waals surface area (Å²) in [4.78, 5) is 26.1. The third-order valence-electron chi connectivity index (χ3n) is 8.19. The Kier molecular flexibility index (Phi) is 7.30. The number of aromatic amines is 1. The standard InChI is InChI=1S/C31H35N5O3/c1-39-29-5-3-2-4-25(29)26-19-22(14-17-33-26)30(38)35-31-34-27-18-21(20-12-15-32-16-13-20)6-11-28(27)36(31)23-7-9-24(37)10-8-23/h2-6,11,14,17-20,23-24,32,37H,7-10,12-13,15-16H2,1H3,(H,34,35,38)/t23-,24+. The number of aliphatic hydroxyl groups excluding tert-OH is 1. The van der Waals surface area contributed by atoms with E-state index in [0.29, 0.717) is 28.5 Å². The Hall–Kier alpha value is -3.75. The average Bonchev–Trinajstić information content (AvgIpc) is 3.35. The predicted octanol–water partition coefficient (Wildman–Crippen LogP) is 4.72. The van der Waals surface area contributed by atoms with Gasteiger partial charge in [-0.2, -0.15) is 4.99 Å². The van der Waals surface area contributed by atoms with Gasteiger partial charge in [0.05, 0.1) is 29.9 Å². The molecule has 4 aromatic rings. The molecule has 2 aromatic carbocycles. The highest BCUT2D eigenvalue weighted by atomic mass is 16.5. The molecule has 1 aliphatic carbocycles. The summed E-state index contributed by atoms with van der Waals surface area (Å²) in [5.74, 6) is 0.900. The number of pyridine rings is 1. The summed E-state index contributed by atoms with van der Waals surface area (Å²) in [5.41, 5.74) is 5.86. The van der Waals surface area contributed by atoms with E-state index in [9.17, 15) is 9.90 Å². The second kappa shape index (κ2) is 11.2. The first-order chi connectivity index (χ1) is 19.1. The fraction of sp³-hybridized carbons (Fsp3) is 0.387. The molecule has 8 heteroatoms. The number of H-pyrrole nitrogens is 1. The Labute approximate surface area is 227 Å². The summed E-state index contributed by atoms with van der Waals surface area (Å²) in [7, 11) is 1.62. The highest BCUT2D eigenvalue weighted by Gasteiger charge is 2.24. The fourth-order valence-electron chi connectivity index (χ4n) is 6.06. The Balaban J connectivity index is 1.41. The van der Waals surface area contributed by atoms with E-state index in [-0.39, 0.29) is 18.1 Å². The van der Waals surface area contributed by atoms with E-state index < -0.39 is 0 Å². The predicted molar refractivity (Wildman–Crippen MR) is 151 cm³/mol. The number of amides is 1. The number of hydrogen-bond acceptors (Lipinski definition) is 5. The van der Waals surface area contributed by atoms with Gasteiger partial charge in [-0.3, -0.25) is 9.78 Å². The number of para-hydroxylation sites is 1. The van der Waals surface area contributed by atoms with E-state index in [1.165, 1.54) is 5.56 Å². The number of piperidine rings is 1. The molecule has 0 atom stereocenters. The van der Waals surface area contributed by atoms with Gasteiger partial charge in [-0.05, 0) is 99.5 Å². The van der Waals surface area contributed by atoms with Crippen LogP contribution < -0.4 is 15.7 Å². The van der Waals surface area contributed by atoms with Gasteiger partial charge < -0.3 is 24.7 Å². The molecule has 2 aromatic heterocycles. The molecule has 1 saturated carbocycles. The molecule has 8 nitrogen and oxygen atoms in total. The summed E-state index contributed by atoms with van der Waals surface area (Å²) in [6, 6.07) is 17.9. The van der Waals surface area contributed by atoms with Crippen LogP contribution in [0.4, 0.5) is 0 Å². The van der Waals surface area contributed by atoms with Crippen LogP contribution in [0.2, 0.25) is 0 Å². The molecule has 0 radical (unpaired) electrons. The lowest BCUT2D eigenvalue weighted by Crippen LogP contribution is -2.29. The summed E-state index contributed by atoms with van der Waals surface area (Å²) in [6.07, 6.45) is 6.81. The molecule has 2 fully saturated rings. The minimum absolute atomic E-state index is 0.167. The second-order valence-electron chi connectivity index (χ2n) is 10.6. The van der Waals surface area contributed by atoms with Crippen LogP contribution in [-0.2, 0) is 0 Å². The quantitative estimate of drug-likeness (QED) is 0.350. The van der Waals surface area contributed by atoms with Gasteiger partial charge in [-0.25, -0.2) is 0 Å². The van der Waals surface area contributed by atoms with E-state index >= 15 is 0 Å². The fourth-order valence-corrected chi connectivity index (χ4v) is 6.06. The van der Waals surface area contributed by atoms with Gasteiger partial charge in [0, 0.05) is 23.4 Å². The maximum absolute atomic E-state index is 13.5. The van der Waals surface area contributed by atoms with Crippen LogP contribution in [0.25, 0.3) is 22.3 Å². The van der Waals surface area contributed by atoms with Gasteiger partial charge in [0.1, 0.15) is 5.75 Å². The first kappa shape index (κ1) is 25.5. The first-order valence-electron chi connectivity index (χ1n) is 13.9. The second-order valence-corrected chi connectivity index (χ2v) is 10.6. The molecule has 0 unspecified atom stereocenters. The van der Waals surface area contributed by atoms with Gasteiger partial charge >= 0.3 is 0 Å². The van der Waals surface area contributed by atoms with E-state index in [4.69, 9.17) is 4.74 Å². The van der Waals surface area contributed by atoms with Crippen LogP contribution in [0, 0.1) is 0 Å². The van der Waals surface area contributed by atoms with Gasteiger partial charge in [-0.1, -0.05) is 18.2 Å². The van der Waals surface area contributed by atoms with Gasteiger partial charge in [-0.15, -0.1) is 0 Å². The van der Waals surface area contributed by atoms with Crippen molar-refractivity contribution in [2.75, 3.05) is 20.2 Å². The molecular formula is C31H35N5O3. The molecule has 0 spiro atoms. The van der Waals surface area contributed by atoms with Crippen molar-refractivity contribution in [3.05, 3.63) is 77.5 Å². The SMILES string of the molecule is COc1ccccc1-c1cc(C(=O)/N=c2\[nH]c3cc(C4CCNCC4)ccc3n2[C@H]2CC[C@@H](O)CC2)ccn1. The number of aromatic nitrogens is 3. The molecule has 6 rings (SSSR count). The number of hydrogen-bond donors (Lipinski definition) is 3. The number of methoxy groups -OCH3 is 1. The van der Waals surface area contributed by atoms with Crippen LogP contribution in [0.3, 0.4) is 0 Å². The van der Waals surface area contributed by atoms with E-state index in [2.05, 4.69) is 43.0 Å². The lowest BCUT2D eigenvalue weighted by atomic mass is 9.90. The van der Waals surface area contributed by atoms with Crippen molar-refractivity contribution in [1.82, 2.24) is 19.9 Å². The van der Waals surface area contributed by atoms with Crippen LogP contribution >= 0.6 is 0 Å². The molecule has 1 saturated heterocycles. The summed E-state index contributed by atoms with van der Waals surface area (Å²) in [5, 5.41) is 13.6. The largest absolute Gasteiger partial charge is 0.496 e. The Bertz CT molecular complexity index is 1540. The molecular weight excluding hydrogens is 490 g/mol. The van der Waals surface area contributed by atoms with Gasteiger partial charge in [0.25, 0.3) is 5.91 Å². The first-order valence-corrected chi connectivity index (χ1v) is 13.9. The van der Waals surface area contributed by atoms with Crippen molar-refractivity contribution in [1.29, 1.82) is 0 Å². The number of rotatable bonds is 5. The van der Waals surface area contributed by atoms with E-state index in [1.54, 1.807) is 25.4 Å². The maximum Gasteiger partial charge on any atom is 0.280 e. The highest BCUT2D eigenvalue weighted by Crippen LogP contribution is 2.32. The number of nitrogens with one attached hydrogen (secondary N) is 2. The molecule has 0 bridgehead atoms. The number of imidazole rings is 1. The minimum atomic E-state index is -0.330. The van der Waals surface area contributed by atoms with Crippen LogP contribution in [-0.4, -0.2) is 51.9 Å². The van der Waals surface area contributed by atoms with Crippen molar-refractivity contribution >= 4 is 16.9 Å². The zero-order chi connectivity index (χ0) is 26.8. The molecule has 1 aliphatic heterocycles. The number of aliphatic hydroxyl groups is 1. The molecule has 202 valence electrons. The number of fused-ring (bicyclic) bond motifs is 1. The van der Waals surface area contributed by atoms with E-state index in [0.717, 1.165) is 68.2 Å². The lowest BCUT2D eigenvalue weighted by molar-refractivity contribution is 0.0990. The smallest absolute Gasteiger partial charge is 0.280 e. The van der Waals surface area contributed by atoms with Crippen molar-refractivity contribution < 1.29 is 14.6 Å². The molecule has 3 heterocycles. The van der Waals surface area contributed by atoms with E-state index in [1.807, 2.05) is 24.3 Å². The number of carbonyl (C=O) groups excluding carboxylic acids is 1. The number of carbonyl (C=O) groups is 1. The minimum Gasteiger partial charge on any atom is -0.496 e. The molecule has 3 N–H and O–H groups in total. The lowest BCUT2D eigenvalue weighted by Gasteiger charge is -2.27. The summed E-state index contributed by atoms with van der Waals surface area (Å²) < 4.78 is 7.67. The Morgan fingerprint density at radius 3 is 2.62 bits per heavy atom. The topological polar surface area (TPSA) is 105 Å². The number of nitrogens with zero attached hydrogens (tertiary/aromatic N) is 3. The van der Waals surface area contributed by atoms with Gasteiger partial charge in [0.15, 0.2) is 0 Å². The van der Waals surface area contributed by atoms with Crippen LogP contribution in [0.5, 0.6) is 5.75 Å². The number of benzene rings is 2. The Morgan fingerprint density at radius 2 is 1.82 bits per heavy atom.